The molecule has 0 aromatic heterocycles. The lowest BCUT2D eigenvalue weighted by Crippen LogP contribution is -2.29. The van der Waals surface area contributed by atoms with Crippen molar-refractivity contribution in [1.29, 1.82) is 0 Å². The highest BCUT2D eigenvalue weighted by Crippen LogP contribution is 2.17. The maximum atomic E-state index is 9.83. The summed E-state index contributed by atoms with van der Waals surface area (Å²) in [5.41, 5.74) is 0. The fourth-order valence-electron chi connectivity index (χ4n) is 1.96. The third kappa shape index (κ3) is 11.8. The quantitative estimate of drug-likeness (QED) is 0.244. The number of hydrogen-bond acceptors (Lipinski definition) is 3. The van der Waals surface area contributed by atoms with Gasteiger partial charge in [0.05, 0.1) is 6.54 Å². The van der Waals surface area contributed by atoms with Crippen molar-refractivity contribution < 1.29 is 9.22 Å². The van der Waals surface area contributed by atoms with Crippen LogP contribution in [0.4, 0.5) is 0 Å². The normalized spacial score (nSPS) is 11.2. The van der Waals surface area contributed by atoms with Crippen molar-refractivity contribution in [3.63, 3.8) is 0 Å². The Morgan fingerprint density at radius 2 is 1.65 bits per heavy atom. The number of hydrogen-bond donors (Lipinski definition) is 0. The molecule has 0 saturated carbocycles. The summed E-state index contributed by atoms with van der Waals surface area (Å²) in [5, 5.41) is 0. The highest BCUT2D eigenvalue weighted by molar-refractivity contribution is 6.71. The van der Waals surface area contributed by atoms with Gasteiger partial charge in [0.1, 0.15) is 0 Å². The number of carbonyl (C=O) groups excluding carboxylic acids is 1. The van der Waals surface area contributed by atoms with E-state index in [1.807, 2.05) is 0 Å². The van der Waals surface area contributed by atoms with Crippen molar-refractivity contribution in [2.45, 2.75) is 64.6 Å². The molecule has 0 heterocycles. The van der Waals surface area contributed by atoms with E-state index in [0.29, 0.717) is 6.54 Å². The molecule has 0 rings (SSSR count). The molecule has 0 saturated heterocycles. The second-order valence-electron chi connectivity index (χ2n) is 5.04. The number of aliphatic imine (C=N–C) groups is 1. The first kappa shape index (κ1) is 16.6. The summed E-state index contributed by atoms with van der Waals surface area (Å²) in [6, 6.07) is 1.27. The van der Waals surface area contributed by atoms with Gasteiger partial charge < -0.3 is 4.43 Å². The van der Waals surface area contributed by atoms with Crippen LogP contribution in [0.3, 0.4) is 0 Å². The van der Waals surface area contributed by atoms with Gasteiger partial charge in [-0.2, -0.15) is 0 Å². The first-order chi connectivity index (χ1) is 8.12. The summed E-state index contributed by atoms with van der Waals surface area (Å²) < 4.78 is 5.79. The molecule has 0 aliphatic carbocycles. The Morgan fingerprint density at radius 1 is 1.06 bits per heavy atom. The average Bonchev–Trinajstić information content (AvgIpc) is 2.27. The summed E-state index contributed by atoms with van der Waals surface area (Å²) in [6.07, 6.45) is 8.92. The molecule has 0 bridgehead atoms. The number of unbranched alkanes of at least 4 members (excludes halogenated alkanes) is 5. The van der Waals surface area contributed by atoms with Gasteiger partial charge in [-0.15, -0.1) is 0 Å². The molecule has 100 valence electrons. The zero-order chi connectivity index (χ0) is 13.0. The predicted octanol–water partition coefficient (Wildman–Crippen LogP) is 3.90. The van der Waals surface area contributed by atoms with Crippen molar-refractivity contribution in [3.05, 3.63) is 0 Å². The van der Waals surface area contributed by atoms with Crippen LogP contribution in [0.15, 0.2) is 4.99 Å². The van der Waals surface area contributed by atoms with Gasteiger partial charge in [0.15, 0.2) is 8.32 Å². The number of nitrogens with zero attached hydrogens (tertiary/aromatic N) is 1. The van der Waals surface area contributed by atoms with Crippen LogP contribution in [0.1, 0.15) is 45.4 Å². The average molecular weight is 257 g/mol. The topological polar surface area (TPSA) is 38.7 Å². The maximum Gasteiger partial charge on any atom is 0.234 e. The Kier molecular flexibility index (Phi) is 10.4. The van der Waals surface area contributed by atoms with E-state index in [1.54, 1.807) is 6.08 Å². The monoisotopic (exact) mass is 257 g/mol. The molecule has 0 aliphatic rings. The van der Waals surface area contributed by atoms with Crippen LogP contribution in [-0.4, -0.2) is 27.5 Å². The van der Waals surface area contributed by atoms with E-state index in [2.05, 4.69) is 25.0 Å². The minimum atomic E-state index is -1.35. The van der Waals surface area contributed by atoms with Gasteiger partial charge in [0.25, 0.3) is 0 Å². The van der Waals surface area contributed by atoms with Gasteiger partial charge in [0.2, 0.25) is 6.08 Å². The summed E-state index contributed by atoms with van der Waals surface area (Å²) in [4.78, 5) is 13.4. The molecule has 0 radical (unpaired) electrons. The molecule has 0 fully saturated rings. The largest absolute Gasteiger partial charge is 0.418 e. The van der Waals surface area contributed by atoms with Gasteiger partial charge in [-0.1, -0.05) is 32.1 Å². The van der Waals surface area contributed by atoms with Crippen molar-refractivity contribution in [3.8, 4) is 0 Å². The summed E-state index contributed by atoms with van der Waals surface area (Å²) >= 11 is 0. The standard InChI is InChI=1S/C13H27NO2Si/c1-4-16-17(2,3)12-10-8-6-5-7-9-11-14-13-15/h4-12H2,1-3H3. The fraction of sp³-hybridized carbons (Fsp3) is 0.923. The fourth-order valence-corrected chi connectivity index (χ4v) is 3.98. The molecule has 0 atom stereocenters. The minimum Gasteiger partial charge on any atom is -0.418 e. The molecule has 0 N–H and O–H groups in total. The molecule has 0 amide bonds. The van der Waals surface area contributed by atoms with Crippen molar-refractivity contribution >= 4 is 14.4 Å². The molecule has 0 unspecified atom stereocenters. The molecule has 17 heavy (non-hydrogen) atoms. The smallest absolute Gasteiger partial charge is 0.234 e. The first-order valence-corrected chi connectivity index (χ1v) is 9.91. The van der Waals surface area contributed by atoms with E-state index in [-0.39, 0.29) is 0 Å². The van der Waals surface area contributed by atoms with Crippen LogP contribution < -0.4 is 0 Å². The lowest BCUT2D eigenvalue weighted by Gasteiger charge is -2.21. The van der Waals surface area contributed by atoms with Gasteiger partial charge in [-0.25, -0.2) is 9.79 Å². The van der Waals surface area contributed by atoms with Crippen molar-refractivity contribution in [2.75, 3.05) is 13.2 Å². The van der Waals surface area contributed by atoms with Gasteiger partial charge in [0, 0.05) is 6.61 Å². The lowest BCUT2D eigenvalue weighted by atomic mass is 10.1. The third-order valence-electron chi connectivity index (χ3n) is 2.90. The second kappa shape index (κ2) is 10.7. The van der Waals surface area contributed by atoms with E-state index in [0.717, 1.165) is 13.0 Å². The lowest BCUT2D eigenvalue weighted by molar-refractivity contribution is 0.327. The summed E-state index contributed by atoms with van der Waals surface area (Å²) in [7, 11) is -1.35. The molecule has 0 aromatic rings. The van der Waals surface area contributed by atoms with Crippen LogP contribution in [0.5, 0.6) is 0 Å². The first-order valence-electron chi connectivity index (χ1n) is 6.80. The molecule has 3 nitrogen and oxygen atoms in total. The zero-order valence-corrected chi connectivity index (χ0v) is 12.6. The van der Waals surface area contributed by atoms with Crippen LogP contribution in [0.25, 0.3) is 0 Å². The Balaban J connectivity index is 3.26. The summed E-state index contributed by atoms with van der Waals surface area (Å²) in [6.45, 7) is 8.18. The van der Waals surface area contributed by atoms with Gasteiger partial charge in [-0.3, -0.25) is 0 Å². The Morgan fingerprint density at radius 3 is 2.24 bits per heavy atom. The van der Waals surface area contributed by atoms with Crippen molar-refractivity contribution in [1.82, 2.24) is 0 Å². The molecular formula is C13H27NO2Si. The van der Waals surface area contributed by atoms with Crippen LogP contribution in [-0.2, 0) is 9.22 Å². The molecule has 0 aromatic carbocycles. The predicted molar refractivity (Wildman–Crippen MR) is 74.6 cm³/mol. The Bertz CT molecular complexity index is 225. The van der Waals surface area contributed by atoms with E-state index in [9.17, 15) is 4.79 Å². The van der Waals surface area contributed by atoms with E-state index >= 15 is 0 Å². The van der Waals surface area contributed by atoms with Gasteiger partial charge >= 0.3 is 0 Å². The Labute approximate surface area is 107 Å². The zero-order valence-electron chi connectivity index (χ0n) is 11.6. The minimum absolute atomic E-state index is 0.647. The number of rotatable bonds is 11. The van der Waals surface area contributed by atoms with E-state index in [4.69, 9.17) is 4.43 Å². The van der Waals surface area contributed by atoms with Gasteiger partial charge in [-0.05, 0) is 32.5 Å². The molecule has 0 spiro atoms. The maximum absolute atomic E-state index is 9.83. The van der Waals surface area contributed by atoms with Crippen LogP contribution >= 0.6 is 0 Å². The highest BCUT2D eigenvalue weighted by Gasteiger charge is 2.20. The highest BCUT2D eigenvalue weighted by atomic mass is 28.4. The van der Waals surface area contributed by atoms with Crippen LogP contribution in [0.2, 0.25) is 19.1 Å². The summed E-state index contributed by atoms with van der Waals surface area (Å²) in [5.74, 6) is 0. The molecular weight excluding hydrogens is 230 g/mol. The van der Waals surface area contributed by atoms with E-state index < -0.39 is 8.32 Å². The van der Waals surface area contributed by atoms with Crippen LogP contribution in [0, 0.1) is 0 Å². The van der Waals surface area contributed by atoms with E-state index in [1.165, 1.54) is 38.1 Å². The Hall–Kier alpha value is -0.443. The second-order valence-corrected chi connectivity index (χ2v) is 9.35. The molecule has 0 aliphatic heterocycles. The third-order valence-corrected chi connectivity index (χ3v) is 5.53. The SMILES string of the molecule is CCO[Si](C)(C)CCCCCCCCN=C=O. The van der Waals surface area contributed by atoms with Crippen molar-refractivity contribution in [2.24, 2.45) is 4.99 Å². The molecule has 4 heteroatoms. The number of isocyanates is 1.